The Balaban J connectivity index is 1.70. The molecule has 0 radical (unpaired) electrons. The standard InChI is InChI=1S/C21H26N2O2/c1-16-5-7-18(8-6-16)21(24)22-15-20(23-13-3-4-14-23)17-9-11-19(25-2)12-10-17/h5-12,20H,3-4,13-15H2,1-2H3,(H,22,24)/t20-/m0/s1. The fourth-order valence-electron chi connectivity index (χ4n) is 3.33. The SMILES string of the molecule is COc1ccc([C@H](CNC(=O)c2ccc(C)cc2)N2CCCC2)cc1. The molecule has 1 aliphatic heterocycles. The van der Waals surface area contributed by atoms with E-state index in [-0.39, 0.29) is 11.9 Å². The van der Waals surface area contributed by atoms with Crippen molar-refractivity contribution >= 4 is 5.91 Å². The molecule has 1 aliphatic rings. The van der Waals surface area contributed by atoms with Gasteiger partial charge in [0.25, 0.3) is 5.91 Å². The Morgan fingerprint density at radius 1 is 1.08 bits per heavy atom. The van der Waals surface area contributed by atoms with Crippen molar-refractivity contribution in [2.45, 2.75) is 25.8 Å². The van der Waals surface area contributed by atoms with Crippen molar-refractivity contribution in [1.29, 1.82) is 0 Å². The summed E-state index contributed by atoms with van der Waals surface area (Å²) in [4.78, 5) is 14.9. The van der Waals surface area contributed by atoms with Crippen LogP contribution >= 0.6 is 0 Å². The number of nitrogens with zero attached hydrogens (tertiary/aromatic N) is 1. The normalized spacial score (nSPS) is 15.8. The van der Waals surface area contributed by atoms with Crippen molar-refractivity contribution in [3.05, 3.63) is 65.2 Å². The molecule has 1 fully saturated rings. The van der Waals surface area contributed by atoms with Crippen LogP contribution in [0.4, 0.5) is 0 Å². The largest absolute Gasteiger partial charge is 0.497 e. The number of amides is 1. The Morgan fingerprint density at radius 3 is 2.32 bits per heavy atom. The molecule has 25 heavy (non-hydrogen) atoms. The van der Waals surface area contributed by atoms with Crippen LogP contribution < -0.4 is 10.1 Å². The van der Waals surface area contributed by atoms with E-state index in [0.717, 1.165) is 24.4 Å². The van der Waals surface area contributed by atoms with Crippen molar-refractivity contribution < 1.29 is 9.53 Å². The minimum Gasteiger partial charge on any atom is -0.497 e. The lowest BCUT2D eigenvalue weighted by molar-refractivity contribution is 0.0938. The van der Waals surface area contributed by atoms with Gasteiger partial charge in [-0.1, -0.05) is 29.8 Å². The minimum atomic E-state index is -0.0160. The lowest BCUT2D eigenvalue weighted by atomic mass is 10.0. The topological polar surface area (TPSA) is 41.6 Å². The average Bonchev–Trinajstić information content (AvgIpc) is 3.17. The summed E-state index contributed by atoms with van der Waals surface area (Å²) >= 11 is 0. The van der Waals surface area contributed by atoms with Gasteiger partial charge < -0.3 is 10.1 Å². The average molecular weight is 338 g/mol. The highest BCUT2D eigenvalue weighted by Crippen LogP contribution is 2.26. The first-order valence-electron chi connectivity index (χ1n) is 8.90. The number of benzene rings is 2. The Kier molecular flexibility index (Phi) is 5.71. The highest BCUT2D eigenvalue weighted by atomic mass is 16.5. The van der Waals surface area contributed by atoms with Gasteiger partial charge in [-0.2, -0.15) is 0 Å². The number of hydrogen-bond acceptors (Lipinski definition) is 3. The summed E-state index contributed by atoms with van der Waals surface area (Å²) in [5, 5.41) is 3.11. The Hall–Kier alpha value is -2.33. The summed E-state index contributed by atoms with van der Waals surface area (Å²) < 4.78 is 5.26. The number of ether oxygens (including phenoxy) is 1. The molecule has 2 aromatic carbocycles. The molecule has 1 N–H and O–H groups in total. The molecule has 1 saturated heterocycles. The van der Waals surface area contributed by atoms with Crippen molar-refractivity contribution in [2.75, 3.05) is 26.7 Å². The summed E-state index contributed by atoms with van der Waals surface area (Å²) in [5.74, 6) is 0.838. The first-order chi connectivity index (χ1) is 12.2. The van der Waals surface area contributed by atoms with Gasteiger partial charge in [0.05, 0.1) is 13.2 Å². The quantitative estimate of drug-likeness (QED) is 0.875. The molecule has 1 heterocycles. The molecule has 2 aromatic rings. The number of aryl methyl sites for hydroxylation is 1. The molecule has 0 bridgehead atoms. The molecular weight excluding hydrogens is 312 g/mol. The fourth-order valence-corrected chi connectivity index (χ4v) is 3.33. The van der Waals surface area contributed by atoms with E-state index in [2.05, 4.69) is 22.3 Å². The Bertz CT molecular complexity index is 689. The molecule has 4 heteroatoms. The van der Waals surface area contributed by atoms with E-state index in [1.54, 1.807) is 7.11 Å². The summed E-state index contributed by atoms with van der Waals surface area (Å²) in [6, 6.07) is 16.1. The van der Waals surface area contributed by atoms with Gasteiger partial charge in [0.2, 0.25) is 0 Å². The highest BCUT2D eigenvalue weighted by Gasteiger charge is 2.24. The number of likely N-dealkylation sites (tertiary alicyclic amines) is 1. The van der Waals surface area contributed by atoms with Crippen molar-refractivity contribution in [1.82, 2.24) is 10.2 Å². The molecule has 0 aliphatic carbocycles. The number of carbonyl (C=O) groups excluding carboxylic acids is 1. The second kappa shape index (κ2) is 8.17. The second-order valence-electron chi connectivity index (χ2n) is 6.61. The van der Waals surface area contributed by atoms with E-state index in [1.165, 1.54) is 18.4 Å². The van der Waals surface area contributed by atoms with Crippen LogP contribution in [0.25, 0.3) is 0 Å². The van der Waals surface area contributed by atoms with Crippen molar-refractivity contribution in [2.24, 2.45) is 0 Å². The zero-order valence-corrected chi connectivity index (χ0v) is 15.0. The molecular formula is C21H26N2O2. The van der Waals surface area contributed by atoms with Gasteiger partial charge in [-0.15, -0.1) is 0 Å². The van der Waals surface area contributed by atoms with Gasteiger partial charge >= 0.3 is 0 Å². The first-order valence-corrected chi connectivity index (χ1v) is 8.90. The van der Waals surface area contributed by atoms with Gasteiger partial charge in [0, 0.05) is 12.1 Å². The number of nitrogens with one attached hydrogen (secondary N) is 1. The number of rotatable bonds is 6. The third-order valence-electron chi connectivity index (χ3n) is 4.85. The molecule has 0 aromatic heterocycles. The van der Waals surface area contributed by atoms with Crippen molar-refractivity contribution in [3.63, 3.8) is 0 Å². The highest BCUT2D eigenvalue weighted by molar-refractivity contribution is 5.94. The van der Waals surface area contributed by atoms with Gasteiger partial charge in [-0.25, -0.2) is 0 Å². The molecule has 3 rings (SSSR count). The monoisotopic (exact) mass is 338 g/mol. The molecule has 4 nitrogen and oxygen atoms in total. The molecule has 0 unspecified atom stereocenters. The summed E-state index contributed by atoms with van der Waals surface area (Å²) in [5.41, 5.74) is 3.08. The summed E-state index contributed by atoms with van der Waals surface area (Å²) in [6.07, 6.45) is 2.44. The van der Waals surface area contributed by atoms with Gasteiger partial charge in [0.15, 0.2) is 0 Å². The van der Waals surface area contributed by atoms with Gasteiger partial charge in [0.1, 0.15) is 5.75 Å². The fraction of sp³-hybridized carbons (Fsp3) is 0.381. The lowest BCUT2D eigenvalue weighted by Crippen LogP contribution is -2.36. The van der Waals surface area contributed by atoms with Crippen molar-refractivity contribution in [3.8, 4) is 5.75 Å². The van der Waals surface area contributed by atoms with Crippen LogP contribution in [0.2, 0.25) is 0 Å². The predicted molar refractivity (Wildman–Crippen MR) is 100 cm³/mol. The zero-order valence-electron chi connectivity index (χ0n) is 15.0. The maximum absolute atomic E-state index is 12.5. The third-order valence-corrected chi connectivity index (χ3v) is 4.85. The zero-order chi connectivity index (χ0) is 17.6. The van der Waals surface area contributed by atoms with E-state index in [0.29, 0.717) is 12.1 Å². The first kappa shape index (κ1) is 17.5. The maximum Gasteiger partial charge on any atom is 0.251 e. The Morgan fingerprint density at radius 2 is 1.72 bits per heavy atom. The van der Waals surface area contributed by atoms with Crippen LogP contribution in [0.1, 0.15) is 40.4 Å². The Labute approximate surface area is 149 Å². The lowest BCUT2D eigenvalue weighted by Gasteiger charge is -2.28. The number of carbonyl (C=O) groups is 1. The molecule has 0 spiro atoms. The van der Waals surface area contributed by atoms with Crippen LogP contribution in [0.15, 0.2) is 48.5 Å². The van der Waals surface area contributed by atoms with Crippen LogP contribution in [0, 0.1) is 6.92 Å². The van der Waals surface area contributed by atoms with Crippen LogP contribution in [0.3, 0.4) is 0 Å². The third kappa shape index (κ3) is 4.40. The predicted octanol–water partition coefficient (Wildman–Crippen LogP) is 3.57. The van der Waals surface area contributed by atoms with E-state index >= 15 is 0 Å². The van der Waals surface area contributed by atoms with E-state index in [4.69, 9.17) is 4.74 Å². The molecule has 0 saturated carbocycles. The maximum atomic E-state index is 12.5. The summed E-state index contributed by atoms with van der Waals surface area (Å²) in [6.45, 7) is 4.79. The van der Waals surface area contributed by atoms with E-state index in [9.17, 15) is 4.79 Å². The number of methoxy groups -OCH3 is 1. The van der Waals surface area contributed by atoms with E-state index in [1.807, 2.05) is 43.3 Å². The van der Waals surface area contributed by atoms with Crippen LogP contribution in [0.5, 0.6) is 5.75 Å². The molecule has 1 amide bonds. The van der Waals surface area contributed by atoms with E-state index < -0.39 is 0 Å². The van der Waals surface area contributed by atoms with Crippen LogP contribution in [-0.2, 0) is 0 Å². The van der Waals surface area contributed by atoms with Gasteiger partial charge in [-0.05, 0) is 62.7 Å². The van der Waals surface area contributed by atoms with Gasteiger partial charge in [-0.3, -0.25) is 9.69 Å². The second-order valence-corrected chi connectivity index (χ2v) is 6.61. The molecule has 132 valence electrons. The smallest absolute Gasteiger partial charge is 0.251 e. The minimum absolute atomic E-state index is 0.0160. The van der Waals surface area contributed by atoms with Crippen LogP contribution in [-0.4, -0.2) is 37.6 Å². The number of hydrogen-bond donors (Lipinski definition) is 1. The summed E-state index contributed by atoms with van der Waals surface area (Å²) in [7, 11) is 1.68. The molecule has 1 atom stereocenters.